The summed E-state index contributed by atoms with van der Waals surface area (Å²) in [5.41, 5.74) is 1.04. The van der Waals surface area contributed by atoms with Crippen LogP contribution in [0.25, 0.3) is 0 Å². The normalized spacial score (nSPS) is 10.4. The van der Waals surface area contributed by atoms with Crippen LogP contribution in [0.15, 0.2) is 29.1 Å². The lowest BCUT2D eigenvalue weighted by Crippen LogP contribution is -2.23. The summed E-state index contributed by atoms with van der Waals surface area (Å²) in [6, 6.07) is 3.45. The summed E-state index contributed by atoms with van der Waals surface area (Å²) in [7, 11) is 0. The molecule has 2 heterocycles. The number of carbonyl (C=O) groups excluding carboxylic acids is 1. The van der Waals surface area contributed by atoms with Gasteiger partial charge in [-0.25, -0.2) is 0 Å². The molecule has 0 aliphatic carbocycles. The number of hydrogen-bond donors (Lipinski definition) is 1. The van der Waals surface area contributed by atoms with Gasteiger partial charge in [0.2, 0.25) is 0 Å². The Kier molecular flexibility index (Phi) is 4.17. The zero-order valence-corrected chi connectivity index (χ0v) is 10.6. The molecule has 0 saturated heterocycles. The number of hydrogen-bond acceptors (Lipinski definition) is 4. The van der Waals surface area contributed by atoms with Crippen LogP contribution in [-0.4, -0.2) is 17.6 Å². The number of aromatic nitrogens is 1. The van der Waals surface area contributed by atoms with Crippen LogP contribution in [0.5, 0.6) is 0 Å². The zero-order chi connectivity index (χ0) is 12.1. The van der Waals surface area contributed by atoms with Gasteiger partial charge in [0.1, 0.15) is 6.26 Å². The molecule has 0 unspecified atom stereocenters. The van der Waals surface area contributed by atoms with Gasteiger partial charge in [0, 0.05) is 12.1 Å². The number of nitrogens with one attached hydrogen (secondary N) is 1. The molecule has 0 saturated carbocycles. The van der Waals surface area contributed by atoms with Gasteiger partial charge in [0.25, 0.3) is 5.91 Å². The molecule has 0 aliphatic heterocycles. The number of rotatable bonds is 5. The number of amides is 1. The van der Waals surface area contributed by atoms with E-state index in [2.05, 4.69) is 10.5 Å². The predicted octanol–water partition coefficient (Wildman–Crippen LogP) is 2.75. The Labute approximate surface area is 108 Å². The lowest BCUT2D eigenvalue weighted by molar-refractivity contribution is 0.0957. The number of nitrogens with zero attached hydrogens (tertiary/aromatic N) is 1. The third-order valence-electron chi connectivity index (χ3n) is 2.21. The molecule has 1 amide bonds. The molecule has 1 N–H and O–H groups in total. The third kappa shape index (κ3) is 3.57. The molecule has 6 heteroatoms. The molecule has 0 radical (unpaired) electrons. The van der Waals surface area contributed by atoms with Gasteiger partial charge in [0.15, 0.2) is 0 Å². The second-order valence-corrected chi connectivity index (χ2v) is 5.21. The van der Waals surface area contributed by atoms with Crippen LogP contribution in [0, 0.1) is 0 Å². The van der Waals surface area contributed by atoms with E-state index in [0.29, 0.717) is 15.8 Å². The summed E-state index contributed by atoms with van der Waals surface area (Å²) >= 11 is 7.03. The molecule has 0 aliphatic rings. The van der Waals surface area contributed by atoms with Crippen molar-refractivity contribution in [1.29, 1.82) is 0 Å². The maximum absolute atomic E-state index is 11.6. The third-order valence-corrected chi connectivity index (χ3v) is 3.44. The first-order valence-corrected chi connectivity index (χ1v) is 6.37. The summed E-state index contributed by atoms with van der Waals surface area (Å²) in [5.74, 6) is -0.0766. The zero-order valence-electron chi connectivity index (χ0n) is 8.98. The SMILES string of the molecule is O=C(NCCCc1cnoc1)c1ccc(Cl)s1. The highest BCUT2D eigenvalue weighted by Crippen LogP contribution is 2.20. The standard InChI is InChI=1S/C11H11ClN2O2S/c12-10-4-3-9(17-10)11(15)13-5-1-2-8-6-14-16-7-8/h3-4,6-7H,1-2,5H2,(H,13,15). The van der Waals surface area contributed by atoms with E-state index in [1.165, 1.54) is 11.3 Å². The Morgan fingerprint density at radius 3 is 3.06 bits per heavy atom. The quantitative estimate of drug-likeness (QED) is 0.850. The highest BCUT2D eigenvalue weighted by atomic mass is 35.5. The molecule has 2 rings (SSSR count). The van der Waals surface area contributed by atoms with Gasteiger partial charge in [-0.15, -0.1) is 11.3 Å². The molecule has 17 heavy (non-hydrogen) atoms. The molecule has 0 bridgehead atoms. The van der Waals surface area contributed by atoms with E-state index in [4.69, 9.17) is 16.1 Å². The van der Waals surface area contributed by atoms with E-state index >= 15 is 0 Å². The molecule has 2 aromatic rings. The average Bonchev–Trinajstić information content (AvgIpc) is 2.95. The minimum atomic E-state index is -0.0766. The molecule has 0 spiro atoms. The minimum Gasteiger partial charge on any atom is -0.364 e. The van der Waals surface area contributed by atoms with Gasteiger partial charge in [-0.2, -0.15) is 0 Å². The van der Waals surface area contributed by atoms with Gasteiger partial charge < -0.3 is 9.84 Å². The Bertz CT molecular complexity index is 481. The first-order valence-electron chi connectivity index (χ1n) is 5.17. The Hall–Kier alpha value is -1.33. The lowest BCUT2D eigenvalue weighted by Gasteiger charge is -2.01. The van der Waals surface area contributed by atoms with Crippen LogP contribution in [0.2, 0.25) is 4.34 Å². The molecule has 90 valence electrons. The van der Waals surface area contributed by atoms with Crippen molar-refractivity contribution in [3.8, 4) is 0 Å². The van der Waals surface area contributed by atoms with Crippen LogP contribution in [0.1, 0.15) is 21.7 Å². The molecule has 2 aromatic heterocycles. The summed E-state index contributed by atoms with van der Waals surface area (Å²) in [4.78, 5) is 12.3. The van der Waals surface area contributed by atoms with Gasteiger partial charge in [-0.3, -0.25) is 4.79 Å². The van der Waals surface area contributed by atoms with Crippen LogP contribution < -0.4 is 5.32 Å². The van der Waals surface area contributed by atoms with Gasteiger partial charge in [0.05, 0.1) is 15.4 Å². The van der Waals surface area contributed by atoms with Crippen molar-refractivity contribution in [1.82, 2.24) is 10.5 Å². The molecule has 0 atom stereocenters. The molecular formula is C11H11ClN2O2S. The van der Waals surface area contributed by atoms with E-state index in [0.717, 1.165) is 18.4 Å². The van der Waals surface area contributed by atoms with E-state index in [-0.39, 0.29) is 5.91 Å². The van der Waals surface area contributed by atoms with Crippen LogP contribution >= 0.6 is 22.9 Å². The minimum absolute atomic E-state index is 0.0766. The van der Waals surface area contributed by atoms with Crippen molar-refractivity contribution in [2.75, 3.05) is 6.54 Å². The summed E-state index contributed by atoms with van der Waals surface area (Å²) in [6.45, 7) is 0.625. The second kappa shape index (κ2) is 5.84. The summed E-state index contributed by atoms with van der Waals surface area (Å²) in [5, 5.41) is 6.45. The average molecular weight is 271 g/mol. The number of aryl methyl sites for hydroxylation is 1. The molecule has 0 aromatic carbocycles. The van der Waals surface area contributed by atoms with Crippen molar-refractivity contribution >= 4 is 28.8 Å². The van der Waals surface area contributed by atoms with Gasteiger partial charge in [-0.05, 0) is 25.0 Å². The molecular weight excluding hydrogens is 260 g/mol. The fourth-order valence-electron chi connectivity index (χ4n) is 1.37. The van der Waals surface area contributed by atoms with Crippen molar-refractivity contribution in [2.24, 2.45) is 0 Å². The fraction of sp³-hybridized carbons (Fsp3) is 0.273. The van der Waals surface area contributed by atoms with E-state index < -0.39 is 0 Å². The maximum Gasteiger partial charge on any atom is 0.261 e. The Balaban J connectivity index is 1.70. The van der Waals surface area contributed by atoms with Crippen LogP contribution in [0.4, 0.5) is 0 Å². The largest absolute Gasteiger partial charge is 0.364 e. The topological polar surface area (TPSA) is 55.1 Å². The molecule has 4 nitrogen and oxygen atoms in total. The Morgan fingerprint density at radius 1 is 1.53 bits per heavy atom. The molecule has 0 fully saturated rings. The highest BCUT2D eigenvalue weighted by molar-refractivity contribution is 7.17. The van der Waals surface area contributed by atoms with Gasteiger partial charge in [-0.1, -0.05) is 16.8 Å². The maximum atomic E-state index is 11.6. The summed E-state index contributed by atoms with van der Waals surface area (Å²) in [6.07, 6.45) is 4.99. The highest BCUT2D eigenvalue weighted by Gasteiger charge is 2.07. The van der Waals surface area contributed by atoms with E-state index in [1.54, 1.807) is 24.6 Å². The van der Waals surface area contributed by atoms with Crippen molar-refractivity contribution in [3.05, 3.63) is 39.4 Å². The van der Waals surface area contributed by atoms with Crippen molar-refractivity contribution in [3.63, 3.8) is 0 Å². The monoisotopic (exact) mass is 270 g/mol. The lowest BCUT2D eigenvalue weighted by atomic mass is 10.2. The fourth-order valence-corrected chi connectivity index (χ4v) is 2.33. The van der Waals surface area contributed by atoms with Gasteiger partial charge >= 0.3 is 0 Å². The van der Waals surface area contributed by atoms with E-state index in [1.807, 2.05) is 0 Å². The summed E-state index contributed by atoms with van der Waals surface area (Å²) < 4.78 is 5.34. The van der Waals surface area contributed by atoms with Crippen LogP contribution in [-0.2, 0) is 6.42 Å². The second-order valence-electron chi connectivity index (χ2n) is 3.50. The first-order chi connectivity index (χ1) is 8.25. The van der Waals surface area contributed by atoms with Crippen molar-refractivity contribution < 1.29 is 9.32 Å². The number of halogens is 1. The van der Waals surface area contributed by atoms with Crippen LogP contribution in [0.3, 0.4) is 0 Å². The Morgan fingerprint density at radius 2 is 2.41 bits per heavy atom. The number of thiophene rings is 1. The number of carbonyl (C=O) groups is 1. The van der Waals surface area contributed by atoms with Crippen molar-refractivity contribution in [2.45, 2.75) is 12.8 Å². The smallest absolute Gasteiger partial charge is 0.261 e. The van der Waals surface area contributed by atoms with E-state index in [9.17, 15) is 4.79 Å². The predicted molar refractivity (Wildman–Crippen MR) is 66.5 cm³/mol. The first kappa shape index (κ1) is 12.1.